The van der Waals surface area contributed by atoms with Crippen molar-refractivity contribution >= 4 is 0 Å². The van der Waals surface area contributed by atoms with Gasteiger partial charge in [-0.2, -0.15) is 0 Å². The first kappa shape index (κ1) is 11.4. The summed E-state index contributed by atoms with van der Waals surface area (Å²) in [4.78, 5) is 2.62. The Kier molecular flexibility index (Phi) is 4.90. The summed E-state index contributed by atoms with van der Waals surface area (Å²) in [5.74, 6) is 0. The average molecular weight is 212 g/mol. The van der Waals surface area contributed by atoms with Crippen LogP contribution in [0.4, 0.5) is 0 Å². The lowest BCUT2D eigenvalue weighted by molar-refractivity contribution is 0.0721. The molecule has 2 aliphatic heterocycles. The molecule has 1 N–H and O–H groups in total. The van der Waals surface area contributed by atoms with Crippen molar-refractivity contribution in [3.63, 3.8) is 0 Å². The Morgan fingerprint density at radius 2 is 2.07 bits per heavy atom. The van der Waals surface area contributed by atoms with Crippen LogP contribution >= 0.6 is 0 Å². The molecule has 0 spiro atoms. The molecule has 88 valence electrons. The van der Waals surface area contributed by atoms with E-state index in [-0.39, 0.29) is 0 Å². The summed E-state index contributed by atoms with van der Waals surface area (Å²) in [5, 5.41) is 3.51. The molecule has 15 heavy (non-hydrogen) atoms. The Labute approximate surface area is 93.2 Å². The number of nitrogens with zero attached hydrogens (tertiary/aromatic N) is 1. The molecular formula is C12H24N2O. The summed E-state index contributed by atoms with van der Waals surface area (Å²) in [6.45, 7) is 6.79. The fourth-order valence-corrected chi connectivity index (χ4v) is 2.55. The fraction of sp³-hybridized carbons (Fsp3) is 1.00. The highest BCUT2D eigenvalue weighted by Gasteiger charge is 2.14. The summed E-state index contributed by atoms with van der Waals surface area (Å²) >= 11 is 0. The van der Waals surface area contributed by atoms with Crippen molar-refractivity contribution in [3.05, 3.63) is 0 Å². The van der Waals surface area contributed by atoms with Crippen LogP contribution in [0.15, 0.2) is 0 Å². The zero-order valence-corrected chi connectivity index (χ0v) is 9.71. The normalized spacial score (nSPS) is 29.2. The van der Waals surface area contributed by atoms with Crippen molar-refractivity contribution in [1.29, 1.82) is 0 Å². The molecule has 2 saturated heterocycles. The highest BCUT2D eigenvalue weighted by Crippen LogP contribution is 2.10. The van der Waals surface area contributed by atoms with Crippen molar-refractivity contribution in [1.82, 2.24) is 10.2 Å². The fourth-order valence-electron chi connectivity index (χ4n) is 2.55. The molecule has 3 heteroatoms. The summed E-state index contributed by atoms with van der Waals surface area (Å²) in [5.41, 5.74) is 0. The second-order valence-corrected chi connectivity index (χ2v) is 4.77. The van der Waals surface area contributed by atoms with Crippen molar-refractivity contribution in [3.8, 4) is 0 Å². The minimum absolute atomic E-state index is 0.614. The quantitative estimate of drug-likeness (QED) is 0.759. The minimum Gasteiger partial charge on any atom is -0.379 e. The molecule has 2 aliphatic rings. The van der Waals surface area contributed by atoms with Crippen LogP contribution in [-0.4, -0.2) is 50.3 Å². The molecule has 0 aromatic rings. The first-order valence-corrected chi connectivity index (χ1v) is 6.48. The maximum absolute atomic E-state index is 5.45. The molecular weight excluding hydrogens is 188 g/mol. The van der Waals surface area contributed by atoms with Gasteiger partial charge in [0.05, 0.1) is 13.2 Å². The van der Waals surface area contributed by atoms with Crippen LogP contribution in [0.1, 0.15) is 32.1 Å². The summed E-state index contributed by atoms with van der Waals surface area (Å²) in [6.07, 6.45) is 6.85. The van der Waals surface area contributed by atoms with Crippen molar-refractivity contribution in [2.45, 2.75) is 38.1 Å². The first-order chi connectivity index (χ1) is 7.45. The zero-order valence-electron chi connectivity index (χ0n) is 9.71. The van der Waals surface area contributed by atoms with E-state index in [1.54, 1.807) is 0 Å². The van der Waals surface area contributed by atoms with Crippen LogP contribution in [-0.2, 0) is 4.74 Å². The van der Waals surface area contributed by atoms with Gasteiger partial charge in [-0.05, 0) is 45.3 Å². The van der Waals surface area contributed by atoms with Gasteiger partial charge in [-0.15, -0.1) is 0 Å². The molecule has 1 atom stereocenters. The summed E-state index contributed by atoms with van der Waals surface area (Å²) in [6, 6.07) is 0.614. The zero-order chi connectivity index (χ0) is 10.3. The van der Waals surface area contributed by atoms with E-state index in [4.69, 9.17) is 4.74 Å². The van der Waals surface area contributed by atoms with Gasteiger partial charge < -0.3 is 15.0 Å². The Bertz CT molecular complexity index is 145. The molecule has 0 saturated carbocycles. The number of likely N-dealkylation sites (tertiary alicyclic amines) is 1. The van der Waals surface area contributed by atoms with Gasteiger partial charge in [0, 0.05) is 12.6 Å². The number of piperidine rings is 1. The molecule has 0 bridgehead atoms. The van der Waals surface area contributed by atoms with Crippen LogP contribution in [0.5, 0.6) is 0 Å². The van der Waals surface area contributed by atoms with Crippen molar-refractivity contribution in [2.75, 3.05) is 39.4 Å². The first-order valence-electron chi connectivity index (χ1n) is 6.48. The predicted molar refractivity (Wildman–Crippen MR) is 62.1 cm³/mol. The smallest absolute Gasteiger partial charge is 0.0620 e. The maximum Gasteiger partial charge on any atom is 0.0620 e. The topological polar surface area (TPSA) is 24.5 Å². The number of morpholine rings is 1. The van der Waals surface area contributed by atoms with E-state index < -0.39 is 0 Å². The minimum atomic E-state index is 0.614. The lowest BCUT2D eigenvalue weighted by Crippen LogP contribution is -2.41. The SMILES string of the molecule is C1CCN(CCCC2COCCN2)CC1. The molecule has 0 radical (unpaired) electrons. The van der Waals surface area contributed by atoms with Gasteiger partial charge in [-0.25, -0.2) is 0 Å². The Balaban J connectivity index is 1.53. The van der Waals surface area contributed by atoms with Crippen molar-refractivity contribution in [2.24, 2.45) is 0 Å². The number of rotatable bonds is 4. The molecule has 0 aromatic heterocycles. The third-order valence-electron chi connectivity index (χ3n) is 3.47. The second-order valence-electron chi connectivity index (χ2n) is 4.77. The highest BCUT2D eigenvalue weighted by molar-refractivity contribution is 4.71. The largest absolute Gasteiger partial charge is 0.379 e. The molecule has 0 aromatic carbocycles. The highest BCUT2D eigenvalue weighted by atomic mass is 16.5. The van der Waals surface area contributed by atoms with E-state index in [9.17, 15) is 0 Å². The number of ether oxygens (including phenoxy) is 1. The van der Waals surface area contributed by atoms with Gasteiger partial charge in [0.2, 0.25) is 0 Å². The van der Waals surface area contributed by atoms with Crippen LogP contribution in [0.3, 0.4) is 0 Å². The van der Waals surface area contributed by atoms with Gasteiger partial charge in [0.25, 0.3) is 0 Å². The molecule has 2 heterocycles. The standard InChI is InChI=1S/C12H24N2O/c1-2-7-14(8-3-1)9-4-5-12-11-15-10-6-13-12/h12-13H,1-11H2. The monoisotopic (exact) mass is 212 g/mol. The average Bonchev–Trinajstić information content (AvgIpc) is 2.32. The molecule has 3 nitrogen and oxygen atoms in total. The molecule has 0 aliphatic carbocycles. The lowest BCUT2D eigenvalue weighted by Gasteiger charge is -2.28. The molecule has 2 fully saturated rings. The number of hydrogen-bond acceptors (Lipinski definition) is 3. The maximum atomic E-state index is 5.45. The third kappa shape index (κ3) is 4.09. The molecule has 1 unspecified atom stereocenters. The van der Waals surface area contributed by atoms with E-state index in [0.29, 0.717) is 6.04 Å². The summed E-state index contributed by atoms with van der Waals surface area (Å²) in [7, 11) is 0. The van der Waals surface area contributed by atoms with Crippen molar-refractivity contribution < 1.29 is 4.74 Å². The third-order valence-corrected chi connectivity index (χ3v) is 3.47. The Morgan fingerprint density at radius 1 is 1.20 bits per heavy atom. The van der Waals surface area contributed by atoms with E-state index in [1.165, 1.54) is 51.7 Å². The number of hydrogen-bond donors (Lipinski definition) is 1. The second kappa shape index (κ2) is 6.46. The van der Waals surface area contributed by atoms with E-state index in [2.05, 4.69) is 10.2 Å². The van der Waals surface area contributed by atoms with Crippen LogP contribution in [0, 0.1) is 0 Å². The van der Waals surface area contributed by atoms with E-state index >= 15 is 0 Å². The number of nitrogens with one attached hydrogen (secondary N) is 1. The van der Waals surface area contributed by atoms with Gasteiger partial charge >= 0.3 is 0 Å². The van der Waals surface area contributed by atoms with Gasteiger partial charge in [-0.1, -0.05) is 6.42 Å². The van der Waals surface area contributed by atoms with Crippen LogP contribution in [0.25, 0.3) is 0 Å². The molecule has 2 rings (SSSR count). The van der Waals surface area contributed by atoms with Gasteiger partial charge in [0.15, 0.2) is 0 Å². The Hall–Kier alpha value is -0.120. The Morgan fingerprint density at radius 3 is 2.80 bits per heavy atom. The van der Waals surface area contributed by atoms with E-state index in [1.807, 2.05) is 0 Å². The summed E-state index contributed by atoms with van der Waals surface area (Å²) < 4.78 is 5.45. The lowest BCUT2D eigenvalue weighted by atomic mass is 10.1. The van der Waals surface area contributed by atoms with Gasteiger partial charge in [0.1, 0.15) is 0 Å². The van der Waals surface area contributed by atoms with Crippen LogP contribution in [0.2, 0.25) is 0 Å². The van der Waals surface area contributed by atoms with E-state index in [0.717, 1.165) is 19.8 Å². The molecule has 0 amide bonds. The van der Waals surface area contributed by atoms with Gasteiger partial charge in [-0.3, -0.25) is 0 Å². The van der Waals surface area contributed by atoms with Crippen LogP contribution < -0.4 is 5.32 Å². The predicted octanol–water partition coefficient (Wildman–Crippen LogP) is 1.24.